The van der Waals surface area contributed by atoms with Crippen molar-refractivity contribution in [3.05, 3.63) is 0 Å². The number of aliphatic hydroxyl groups is 17. The highest BCUT2D eigenvalue weighted by molar-refractivity contribution is 4.97. The van der Waals surface area contributed by atoms with Gasteiger partial charge in [0.25, 0.3) is 0 Å². The molecule has 0 unspecified atom stereocenters. The van der Waals surface area contributed by atoms with E-state index in [1.54, 1.807) is 0 Å². The molecule has 56 heavy (non-hydrogen) atoms. The molecule has 328 valence electrons. The van der Waals surface area contributed by atoms with Crippen LogP contribution in [-0.2, 0) is 42.6 Å². The van der Waals surface area contributed by atoms with E-state index in [4.69, 9.17) is 42.6 Å². The first-order valence-corrected chi connectivity index (χ1v) is 17.6. The lowest BCUT2D eigenvalue weighted by Crippen LogP contribution is -2.66. The van der Waals surface area contributed by atoms with Gasteiger partial charge in [-0.3, -0.25) is 0 Å². The zero-order chi connectivity index (χ0) is 41.3. The smallest absolute Gasteiger partial charge is 0.187 e. The van der Waals surface area contributed by atoms with Gasteiger partial charge in [-0.1, -0.05) is 0 Å². The molecule has 0 amide bonds. The maximum Gasteiger partial charge on any atom is 0.187 e. The summed E-state index contributed by atoms with van der Waals surface area (Å²) in [5.41, 5.74) is 0. The summed E-state index contributed by atoms with van der Waals surface area (Å²) in [6.07, 6.45) is -46.1. The van der Waals surface area contributed by atoms with Crippen LogP contribution in [0.4, 0.5) is 0 Å². The van der Waals surface area contributed by atoms with Gasteiger partial charge in [-0.25, -0.2) is 0 Å². The van der Waals surface area contributed by atoms with E-state index in [1.807, 2.05) is 0 Å². The van der Waals surface area contributed by atoms with Crippen LogP contribution >= 0.6 is 0 Å². The topological polar surface area (TPSA) is 427 Å². The predicted molar refractivity (Wildman–Crippen MR) is 167 cm³/mol. The standard InChI is InChI=1S/C30H52O26/c31-1-6-11(34)17(40)21(44)28(51-6)55-24-15(38)10(54-27(23(24)46)48-4-9-14(37)16(39)20(43)26(47)50-9)5-49-30-25(19(42)13(36)8(3-33)53-30)56-29-22(45)18(41)12(35)7(2-32)52-29/h6-47H,1-5H2/t6-,7-,8-,9-,10-,11-,12-,13-,14-,15-,16+,17+,18+,19+,20+,21+,22+,23+,24+,25+,26-,27+,28-,29-,30+/m1/s1. The van der Waals surface area contributed by atoms with E-state index in [0.717, 1.165) is 0 Å². The molecule has 26 nitrogen and oxygen atoms in total. The van der Waals surface area contributed by atoms with Gasteiger partial charge in [0.05, 0.1) is 33.0 Å². The summed E-state index contributed by atoms with van der Waals surface area (Å²) in [6.45, 7) is -4.24. The molecule has 5 aliphatic rings. The first-order valence-electron chi connectivity index (χ1n) is 17.6. The van der Waals surface area contributed by atoms with Crippen molar-refractivity contribution in [2.75, 3.05) is 33.0 Å². The van der Waals surface area contributed by atoms with Crippen molar-refractivity contribution in [1.29, 1.82) is 0 Å². The molecule has 0 aromatic carbocycles. The Morgan fingerprint density at radius 1 is 0.304 bits per heavy atom. The average molecular weight is 829 g/mol. The summed E-state index contributed by atoms with van der Waals surface area (Å²) in [6, 6.07) is 0. The van der Waals surface area contributed by atoms with Crippen LogP contribution in [0.2, 0.25) is 0 Å². The first-order chi connectivity index (χ1) is 26.4. The quantitative estimate of drug-likeness (QED) is 0.0819. The molecule has 0 aromatic heterocycles. The Hall–Kier alpha value is -1.04. The van der Waals surface area contributed by atoms with Crippen LogP contribution in [0.3, 0.4) is 0 Å². The van der Waals surface area contributed by atoms with E-state index in [2.05, 4.69) is 0 Å². The lowest BCUT2D eigenvalue weighted by atomic mass is 9.96. The molecular weight excluding hydrogens is 776 g/mol. The molecule has 0 aliphatic carbocycles. The third-order valence-corrected chi connectivity index (χ3v) is 10.3. The van der Waals surface area contributed by atoms with E-state index in [-0.39, 0.29) is 0 Å². The van der Waals surface area contributed by atoms with E-state index in [0.29, 0.717) is 0 Å². The van der Waals surface area contributed by atoms with Crippen LogP contribution in [-0.4, -0.2) is 273 Å². The maximum atomic E-state index is 11.4. The molecule has 25 atom stereocenters. The number of hydrogen-bond donors (Lipinski definition) is 17. The van der Waals surface area contributed by atoms with Gasteiger partial charge >= 0.3 is 0 Å². The van der Waals surface area contributed by atoms with Crippen LogP contribution in [0.1, 0.15) is 0 Å². The van der Waals surface area contributed by atoms with Gasteiger partial charge in [0, 0.05) is 0 Å². The van der Waals surface area contributed by atoms with Gasteiger partial charge in [-0.15, -0.1) is 0 Å². The van der Waals surface area contributed by atoms with Gasteiger partial charge in [0.1, 0.15) is 122 Å². The van der Waals surface area contributed by atoms with Crippen LogP contribution < -0.4 is 0 Å². The molecule has 0 spiro atoms. The maximum absolute atomic E-state index is 11.4. The molecule has 5 aliphatic heterocycles. The second kappa shape index (κ2) is 19.6. The van der Waals surface area contributed by atoms with Crippen molar-refractivity contribution >= 4 is 0 Å². The molecule has 0 bridgehead atoms. The molecule has 0 aromatic rings. The molecule has 26 heteroatoms. The van der Waals surface area contributed by atoms with Crippen LogP contribution in [0.5, 0.6) is 0 Å². The van der Waals surface area contributed by atoms with E-state index in [1.165, 1.54) is 0 Å². The summed E-state index contributed by atoms with van der Waals surface area (Å²) in [7, 11) is 0. The van der Waals surface area contributed by atoms with Gasteiger partial charge in [-0.2, -0.15) is 0 Å². The molecule has 5 fully saturated rings. The average Bonchev–Trinajstić information content (AvgIpc) is 3.18. The summed E-state index contributed by atoms with van der Waals surface area (Å²) in [4.78, 5) is 0. The summed E-state index contributed by atoms with van der Waals surface area (Å²) < 4.78 is 49.5. The van der Waals surface area contributed by atoms with Crippen molar-refractivity contribution < 1.29 is 129 Å². The summed E-state index contributed by atoms with van der Waals surface area (Å²) >= 11 is 0. The Bertz CT molecular complexity index is 1200. The van der Waals surface area contributed by atoms with Crippen molar-refractivity contribution in [2.45, 2.75) is 154 Å². The van der Waals surface area contributed by atoms with Crippen molar-refractivity contribution in [1.82, 2.24) is 0 Å². The Balaban J connectivity index is 1.36. The van der Waals surface area contributed by atoms with Crippen molar-refractivity contribution in [3.63, 3.8) is 0 Å². The highest BCUT2D eigenvalue weighted by Crippen LogP contribution is 2.33. The zero-order valence-electron chi connectivity index (χ0n) is 29.2. The fraction of sp³-hybridized carbons (Fsp3) is 1.00. The molecule has 5 saturated heterocycles. The summed E-state index contributed by atoms with van der Waals surface area (Å²) in [5.74, 6) is 0. The number of rotatable bonds is 13. The second-order valence-electron chi connectivity index (χ2n) is 14.0. The highest BCUT2D eigenvalue weighted by atomic mass is 16.8. The van der Waals surface area contributed by atoms with Gasteiger partial charge in [0.15, 0.2) is 31.5 Å². The van der Waals surface area contributed by atoms with Gasteiger partial charge in [0.2, 0.25) is 0 Å². The van der Waals surface area contributed by atoms with E-state index < -0.39 is 187 Å². The molecule has 17 N–H and O–H groups in total. The van der Waals surface area contributed by atoms with Crippen LogP contribution in [0.25, 0.3) is 0 Å². The zero-order valence-corrected chi connectivity index (χ0v) is 29.2. The van der Waals surface area contributed by atoms with E-state index >= 15 is 0 Å². The van der Waals surface area contributed by atoms with Crippen molar-refractivity contribution in [3.8, 4) is 0 Å². The van der Waals surface area contributed by atoms with Crippen molar-refractivity contribution in [2.24, 2.45) is 0 Å². The number of hydrogen-bond acceptors (Lipinski definition) is 26. The lowest BCUT2D eigenvalue weighted by molar-refractivity contribution is -0.381. The molecular formula is C30H52O26. The summed E-state index contributed by atoms with van der Waals surface area (Å²) in [5, 5.41) is 175. The monoisotopic (exact) mass is 828 g/mol. The predicted octanol–water partition coefficient (Wildman–Crippen LogP) is -11.9. The first kappa shape index (κ1) is 46.0. The molecule has 5 heterocycles. The second-order valence-corrected chi connectivity index (χ2v) is 14.0. The Morgan fingerprint density at radius 3 is 1.18 bits per heavy atom. The fourth-order valence-corrected chi connectivity index (χ4v) is 6.79. The fourth-order valence-electron chi connectivity index (χ4n) is 6.79. The number of aliphatic hydroxyl groups excluding tert-OH is 17. The van der Waals surface area contributed by atoms with Crippen LogP contribution in [0.15, 0.2) is 0 Å². The minimum Gasteiger partial charge on any atom is -0.394 e. The Labute approximate surface area is 316 Å². The van der Waals surface area contributed by atoms with Gasteiger partial charge in [-0.05, 0) is 0 Å². The lowest BCUT2D eigenvalue weighted by Gasteiger charge is -2.47. The minimum atomic E-state index is -2.06. The molecule has 0 saturated carbocycles. The molecule has 0 radical (unpaired) electrons. The Morgan fingerprint density at radius 2 is 0.679 bits per heavy atom. The Kier molecular flexibility index (Phi) is 16.1. The van der Waals surface area contributed by atoms with Gasteiger partial charge < -0.3 is 129 Å². The van der Waals surface area contributed by atoms with E-state index in [9.17, 15) is 86.8 Å². The minimum absolute atomic E-state index is 0.775. The third kappa shape index (κ3) is 9.46. The largest absolute Gasteiger partial charge is 0.394 e. The third-order valence-electron chi connectivity index (χ3n) is 10.3. The SMILES string of the molecule is OC[C@H]1O[C@H](O[C@@H]2[C@H](O)[C@@H](OC[C@H]3O[C@@H](O)[C@@H](O)[C@@H](O)[C@@H]3O)O[C@H](CO[C@H]3O[C@H](CO)[C@@H](O)[C@H](O)[C@@H]3O[C@H]3O[C@H](CO)[C@@H](O)[C@H](O)[C@@H]3O)[C@H]2O)[C@@H](O)[C@@H](O)[C@@H]1O. The van der Waals surface area contributed by atoms with Crippen LogP contribution in [0, 0.1) is 0 Å². The number of ether oxygens (including phenoxy) is 9. The molecule has 5 rings (SSSR count). The highest BCUT2D eigenvalue weighted by Gasteiger charge is 2.54. The normalized spacial score (nSPS) is 53.2.